The van der Waals surface area contributed by atoms with Crippen LogP contribution in [-0.2, 0) is 0 Å². The summed E-state index contributed by atoms with van der Waals surface area (Å²) in [6.45, 7) is 3.91. The van der Waals surface area contributed by atoms with E-state index in [1.165, 1.54) is 11.3 Å². The number of hydrogen-bond acceptors (Lipinski definition) is 4. The van der Waals surface area contributed by atoms with Crippen LogP contribution in [0.3, 0.4) is 0 Å². The molecule has 5 heteroatoms. The van der Waals surface area contributed by atoms with Crippen LogP contribution in [0.4, 0.5) is 0 Å². The predicted molar refractivity (Wildman–Crippen MR) is 109 cm³/mol. The lowest BCUT2D eigenvalue weighted by atomic mass is 10.1. The van der Waals surface area contributed by atoms with E-state index < -0.39 is 5.63 Å². The van der Waals surface area contributed by atoms with Gasteiger partial charge in [0.25, 0.3) is 5.91 Å². The third kappa shape index (κ3) is 2.35. The quantitative estimate of drug-likeness (QED) is 0.376. The molecule has 5 aromatic rings. The number of carbonyl (C=O) groups excluding carboxylic acids is 1. The van der Waals surface area contributed by atoms with Crippen LogP contribution in [0.1, 0.15) is 20.9 Å². The van der Waals surface area contributed by atoms with Gasteiger partial charge in [-0.15, -0.1) is 11.3 Å². The Hall–Kier alpha value is -3.18. The van der Waals surface area contributed by atoms with Gasteiger partial charge in [0, 0.05) is 16.5 Å². The fraction of sp³-hybridized carbons (Fsp3) is 0.0909. The zero-order valence-corrected chi connectivity index (χ0v) is 15.6. The fourth-order valence-electron chi connectivity index (χ4n) is 3.59. The molecule has 0 unspecified atom stereocenters. The van der Waals surface area contributed by atoms with Gasteiger partial charge in [0.05, 0.1) is 20.5 Å². The summed E-state index contributed by atoms with van der Waals surface area (Å²) in [6, 6.07) is 17.1. The summed E-state index contributed by atoms with van der Waals surface area (Å²) >= 11 is 1.34. The molecule has 0 radical (unpaired) electrons. The van der Waals surface area contributed by atoms with Gasteiger partial charge >= 0.3 is 5.63 Å². The number of thiophene rings is 1. The van der Waals surface area contributed by atoms with Crippen molar-refractivity contribution < 1.29 is 9.21 Å². The van der Waals surface area contributed by atoms with Crippen molar-refractivity contribution >= 4 is 49.2 Å². The highest BCUT2D eigenvalue weighted by molar-refractivity contribution is 7.21. The SMILES string of the molecule is Cc1ccc2oc(=O)c3cc(C(=O)n4c(C)cc5ccccc54)sc3c2c1. The first-order valence-corrected chi connectivity index (χ1v) is 9.43. The number of aryl methyl sites for hydroxylation is 2. The van der Waals surface area contributed by atoms with Crippen molar-refractivity contribution in [2.75, 3.05) is 0 Å². The van der Waals surface area contributed by atoms with Crippen LogP contribution in [0.5, 0.6) is 0 Å². The van der Waals surface area contributed by atoms with Gasteiger partial charge in [-0.2, -0.15) is 0 Å². The molecule has 2 aromatic carbocycles. The van der Waals surface area contributed by atoms with E-state index in [-0.39, 0.29) is 5.91 Å². The van der Waals surface area contributed by atoms with Crippen LogP contribution in [-0.4, -0.2) is 10.5 Å². The molecule has 0 atom stereocenters. The van der Waals surface area contributed by atoms with Crippen LogP contribution >= 0.6 is 11.3 Å². The van der Waals surface area contributed by atoms with E-state index in [2.05, 4.69) is 0 Å². The number of rotatable bonds is 1. The number of benzene rings is 2. The zero-order chi connectivity index (χ0) is 18.7. The van der Waals surface area contributed by atoms with Gasteiger partial charge in [-0.05, 0) is 44.2 Å². The van der Waals surface area contributed by atoms with E-state index in [0.717, 1.165) is 32.2 Å². The minimum absolute atomic E-state index is 0.130. The van der Waals surface area contributed by atoms with Gasteiger partial charge < -0.3 is 4.42 Å². The Kier molecular flexibility index (Phi) is 3.36. The molecule has 0 saturated carbocycles. The Morgan fingerprint density at radius 3 is 2.67 bits per heavy atom. The summed E-state index contributed by atoms with van der Waals surface area (Å²) in [5.41, 5.74) is 2.94. The average Bonchev–Trinajstić information content (AvgIpc) is 3.23. The molecule has 0 fully saturated rings. The maximum Gasteiger partial charge on any atom is 0.345 e. The van der Waals surface area contributed by atoms with Crippen LogP contribution in [0.25, 0.3) is 32.0 Å². The van der Waals surface area contributed by atoms with Crippen molar-refractivity contribution in [2.24, 2.45) is 0 Å². The summed E-state index contributed by atoms with van der Waals surface area (Å²) in [5.74, 6) is -0.130. The second-order valence-electron chi connectivity index (χ2n) is 6.73. The third-order valence-electron chi connectivity index (χ3n) is 4.84. The van der Waals surface area contributed by atoms with Crippen LogP contribution in [0.2, 0.25) is 0 Å². The molecule has 0 N–H and O–H groups in total. The summed E-state index contributed by atoms with van der Waals surface area (Å²) in [7, 11) is 0. The average molecular weight is 373 g/mol. The molecule has 3 aromatic heterocycles. The third-order valence-corrected chi connectivity index (χ3v) is 6.00. The number of nitrogens with zero attached hydrogens (tertiary/aromatic N) is 1. The van der Waals surface area contributed by atoms with E-state index in [0.29, 0.717) is 15.8 Å². The molecule has 0 bridgehead atoms. The van der Waals surface area contributed by atoms with Gasteiger partial charge in [0.15, 0.2) is 0 Å². The number of aromatic nitrogens is 1. The lowest BCUT2D eigenvalue weighted by molar-refractivity contribution is 0.0967. The minimum Gasteiger partial charge on any atom is -0.422 e. The number of fused-ring (bicyclic) bond motifs is 4. The summed E-state index contributed by atoms with van der Waals surface area (Å²) in [5, 5.41) is 2.34. The standard InChI is InChI=1S/C22H15NO3S/c1-12-7-8-18-15(9-12)20-16(22(25)26-18)11-19(27-20)21(24)23-13(2)10-14-5-3-4-6-17(14)23/h3-11H,1-2H3. The topological polar surface area (TPSA) is 52.2 Å². The Morgan fingerprint density at radius 1 is 1.00 bits per heavy atom. The van der Waals surface area contributed by atoms with E-state index >= 15 is 0 Å². The maximum atomic E-state index is 13.3. The Morgan fingerprint density at radius 2 is 1.81 bits per heavy atom. The molecule has 132 valence electrons. The molecule has 4 nitrogen and oxygen atoms in total. The molecular formula is C22H15NO3S. The summed E-state index contributed by atoms with van der Waals surface area (Å²) in [6.07, 6.45) is 0. The lowest BCUT2D eigenvalue weighted by Crippen LogP contribution is -2.11. The van der Waals surface area contributed by atoms with Gasteiger partial charge in [0.1, 0.15) is 5.58 Å². The second-order valence-corrected chi connectivity index (χ2v) is 7.78. The first-order valence-electron chi connectivity index (χ1n) is 8.62. The molecule has 5 rings (SSSR count). The fourth-order valence-corrected chi connectivity index (χ4v) is 4.68. The molecule has 0 aliphatic carbocycles. The van der Waals surface area contributed by atoms with Crippen molar-refractivity contribution in [1.82, 2.24) is 4.57 Å². The molecule has 27 heavy (non-hydrogen) atoms. The van der Waals surface area contributed by atoms with Crippen molar-refractivity contribution in [3.8, 4) is 0 Å². The van der Waals surface area contributed by atoms with E-state index in [4.69, 9.17) is 4.42 Å². The molecule has 0 spiro atoms. The lowest BCUT2D eigenvalue weighted by Gasteiger charge is -2.04. The highest BCUT2D eigenvalue weighted by Gasteiger charge is 2.20. The summed E-state index contributed by atoms with van der Waals surface area (Å²) in [4.78, 5) is 26.2. The number of hydrogen-bond donors (Lipinski definition) is 0. The Labute approximate surface area is 158 Å². The van der Waals surface area contributed by atoms with Gasteiger partial charge in [-0.1, -0.05) is 29.8 Å². The molecule has 0 amide bonds. The van der Waals surface area contributed by atoms with Gasteiger partial charge in [0.2, 0.25) is 0 Å². The number of para-hydroxylation sites is 1. The monoisotopic (exact) mass is 373 g/mol. The van der Waals surface area contributed by atoms with E-state index in [9.17, 15) is 9.59 Å². The molecule has 0 aliphatic heterocycles. The second kappa shape index (κ2) is 5.66. The molecule has 0 saturated heterocycles. The van der Waals surface area contributed by atoms with E-state index in [1.54, 1.807) is 16.7 Å². The maximum absolute atomic E-state index is 13.3. The van der Waals surface area contributed by atoms with Crippen LogP contribution < -0.4 is 5.63 Å². The molecular weight excluding hydrogens is 358 g/mol. The van der Waals surface area contributed by atoms with Gasteiger partial charge in [-0.25, -0.2) is 4.79 Å². The largest absolute Gasteiger partial charge is 0.422 e. The highest BCUT2D eigenvalue weighted by atomic mass is 32.1. The predicted octanol–water partition coefficient (Wildman–Crippen LogP) is 5.27. The zero-order valence-electron chi connectivity index (χ0n) is 14.8. The van der Waals surface area contributed by atoms with E-state index in [1.807, 2.05) is 56.3 Å². The van der Waals surface area contributed by atoms with Crippen LogP contribution in [0.15, 0.2) is 63.8 Å². The molecule has 3 heterocycles. The van der Waals surface area contributed by atoms with Crippen molar-refractivity contribution in [2.45, 2.75) is 13.8 Å². The van der Waals surface area contributed by atoms with Crippen molar-refractivity contribution in [3.63, 3.8) is 0 Å². The van der Waals surface area contributed by atoms with Crippen molar-refractivity contribution in [3.05, 3.63) is 81.2 Å². The Bertz CT molecular complexity index is 1440. The normalized spacial score (nSPS) is 11.6. The minimum atomic E-state index is -0.411. The van der Waals surface area contributed by atoms with Crippen LogP contribution in [0, 0.1) is 13.8 Å². The first-order chi connectivity index (χ1) is 13.0. The van der Waals surface area contributed by atoms with Crippen molar-refractivity contribution in [1.29, 1.82) is 0 Å². The molecule has 0 aliphatic rings. The highest BCUT2D eigenvalue weighted by Crippen LogP contribution is 2.32. The first kappa shape index (κ1) is 16.0. The van der Waals surface area contributed by atoms with Gasteiger partial charge in [-0.3, -0.25) is 9.36 Å². The summed E-state index contributed by atoms with van der Waals surface area (Å²) < 4.78 is 7.94. The smallest absolute Gasteiger partial charge is 0.345 e. The Balaban J connectivity index is 1.78. The number of carbonyl (C=O) groups is 1.